The summed E-state index contributed by atoms with van der Waals surface area (Å²) in [5.41, 5.74) is 0.548. The highest BCUT2D eigenvalue weighted by atomic mass is 15.2. The molecule has 1 heterocycles. The fraction of sp³-hybridized carbons (Fsp3) is 0.667. The summed E-state index contributed by atoms with van der Waals surface area (Å²) in [4.78, 5) is 4.20. The van der Waals surface area contributed by atoms with E-state index in [1.807, 2.05) is 24.0 Å². The van der Waals surface area contributed by atoms with Crippen LogP contribution >= 0.6 is 0 Å². The number of imidazole rings is 1. The van der Waals surface area contributed by atoms with Crippen molar-refractivity contribution in [1.82, 2.24) is 9.55 Å². The Bertz CT molecular complexity index is 273. The van der Waals surface area contributed by atoms with Crippen LogP contribution in [0.3, 0.4) is 0 Å². The van der Waals surface area contributed by atoms with Gasteiger partial charge < -0.3 is 9.88 Å². The molecule has 3 heteroatoms. The Morgan fingerprint density at radius 1 is 1.67 bits per heavy atom. The minimum atomic E-state index is 0.548. The monoisotopic (exact) mass is 165 g/mol. The Hall–Kier alpha value is -0.990. The molecule has 1 saturated carbocycles. The van der Waals surface area contributed by atoms with Crippen molar-refractivity contribution >= 4 is 5.95 Å². The summed E-state index contributed by atoms with van der Waals surface area (Å²) < 4.78 is 2.01. The first kappa shape index (κ1) is 7.65. The third-order valence-electron chi connectivity index (χ3n) is 2.60. The Morgan fingerprint density at radius 2 is 2.42 bits per heavy atom. The molecule has 1 aliphatic rings. The molecule has 0 amide bonds. The van der Waals surface area contributed by atoms with Crippen LogP contribution < -0.4 is 5.32 Å². The highest BCUT2D eigenvalue weighted by Crippen LogP contribution is 2.44. The lowest BCUT2D eigenvalue weighted by Gasteiger charge is -2.10. The maximum atomic E-state index is 4.20. The van der Waals surface area contributed by atoms with Crippen LogP contribution in [0.1, 0.15) is 19.8 Å². The molecule has 1 aliphatic carbocycles. The van der Waals surface area contributed by atoms with Crippen molar-refractivity contribution in [2.24, 2.45) is 12.5 Å². The van der Waals surface area contributed by atoms with E-state index in [9.17, 15) is 0 Å². The van der Waals surface area contributed by atoms with Crippen LogP contribution in [0.5, 0.6) is 0 Å². The molecule has 1 aromatic heterocycles. The summed E-state index contributed by atoms with van der Waals surface area (Å²) >= 11 is 0. The third-order valence-corrected chi connectivity index (χ3v) is 2.60. The Balaban J connectivity index is 1.91. The Labute approximate surface area is 72.8 Å². The van der Waals surface area contributed by atoms with Gasteiger partial charge in [0.25, 0.3) is 0 Å². The molecule has 66 valence electrons. The molecular weight excluding hydrogens is 150 g/mol. The predicted octanol–water partition coefficient (Wildman–Crippen LogP) is 1.63. The van der Waals surface area contributed by atoms with Gasteiger partial charge in [-0.15, -0.1) is 0 Å². The summed E-state index contributed by atoms with van der Waals surface area (Å²) in [7, 11) is 2.00. The minimum absolute atomic E-state index is 0.548. The van der Waals surface area contributed by atoms with Crippen LogP contribution in [0.25, 0.3) is 0 Å². The largest absolute Gasteiger partial charge is 0.355 e. The van der Waals surface area contributed by atoms with Gasteiger partial charge in [-0.3, -0.25) is 0 Å². The molecule has 0 radical (unpaired) electrons. The van der Waals surface area contributed by atoms with Crippen molar-refractivity contribution in [1.29, 1.82) is 0 Å². The van der Waals surface area contributed by atoms with E-state index in [2.05, 4.69) is 17.2 Å². The molecule has 1 aromatic rings. The van der Waals surface area contributed by atoms with E-state index in [0.717, 1.165) is 12.5 Å². The lowest BCUT2D eigenvalue weighted by atomic mass is 10.1. The van der Waals surface area contributed by atoms with E-state index >= 15 is 0 Å². The number of hydrogen-bond acceptors (Lipinski definition) is 2. The molecule has 0 atom stereocenters. The van der Waals surface area contributed by atoms with Gasteiger partial charge in [0, 0.05) is 26.0 Å². The topological polar surface area (TPSA) is 29.9 Å². The van der Waals surface area contributed by atoms with Gasteiger partial charge in [0.2, 0.25) is 5.95 Å². The fourth-order valence-corrected chi connectivity index (χ4v) is 1.22. The molecule has 2 rings (SSSR count). The van der Waals surface area contributed by atoms with E-state index in [1.54, 1.807) is 0 Å². The van der Waals surface area contributed by atoms with Crippen molar-refractivity contribution in [3.8, 4) is 0 Å². The highest BCUT2D eigenvalue weighted by Gasteiger charge is 2.36. The Morgan fingerprint density at radius 3 is 2.92 bits per heavy atom. The van der Waals surface area contributed by atoms with Gasteiger partial charge in [-0.1, -0.05) is 6.92 Å². The molecule has 1 fully saturated rings. The van der Waals surface area contributed by atoms with Crippen molar-refractivity contribution < 1.29 is 0 Å². The minimum Gasteiger partial charge on any atom is -0.355 e. The van der Waals surface area contributed by atoms with Gasteiger partial charge >= 0.3 is 0 Å². The summed E-state index contributed by atoms with van der Waals surface area (Å²) in [6, 6.07) is 0. The number of aryl methyl sites for hydroxylation is 1. The van der Waals surface area contributed by atoms with Crippen molar-refractivity contribution in [3.05, 3.63) is 12.4 Å². The summed E-state index contributed by atoms with van der Waals surface area (Å²) in [6.07, 6.45) is 6.48. The average molecular weight is 165 g/mol. The first-order valence-electron chi connectivity index (χ1n) is 4.41. The Kier molecular flexibility index (Phi) is 1.60. The summed E-state index contributed by atoms with van der Waals surface area (Å²) in [5.74, 6) is 0.975. The third kappa shape index (κ3) is 1.44. The van der Waals surface area contributed by atoms with Gasteiger partial charge in [-0.25, -0.2) is 4.98 Å². The smallest absolute Gasteiger partial charge is 0.202 e. The SMILES string of the molecule is Cn1ccnc1NCC1(C)CC1. The molecule has 1 N–H and O–H groups in total. The number of hydrogen-bond donors (Lipinski definition) is 1. The lowest BCUT2D eigenvalue weighted by molar-refractivity contribution is 0.605. The zero-order chi connectivity index (χ0) is 8.60. The second-order valence-corrected chi connectivity index (χ2v) is 4.03. The van der Waals surface area contributed by atoms with E-state index in [4.69, 9.17) is 0 Å². The van der Waals surface area contributed by atoms with Crippen LogP contribution in [0.15, 0.2) is 12.4 Å². The summed E-state index contributed by atoms with van der Waals surface area (Å²) in [6.45, 7) is 3.36. The first-order valence-corrected chi connectivity index (χ1v) is 4.41. The maximum absolute atomic E-state index is 4.20. The summed E-state index contributed by atoms with van der Waals surface area (Å²) in [5, 5.41) is 3.35. The number of nitrogens with one attached hydrogen (secondary N) is 1. The quantitative estimate of drug-likeness (QED) is 0.737. The second kappa shape index (κ2) is 2.51. The normalized spacial score (nSPS) is 19.2. The average Bonchev–Trinajstić information content (AvgIpc) is 2.61. The molecule has 0 saturated heterocycles. The standard InChI is InChI=1S/C9H15N3/c1-9(3-4-9)7-11-8-10-5-6-12(8)2/h5-6H,3-4,7H2,1-2H3,(H,10,11). The molecule has 3 nitrogen and oxygen atoms in total. The highest BCUT2D eigenvalue weighted by molar-refractivity contribution is 5.26. The van der Waals surface area contributed by atoms with E-state index in [1.165, 1.54) is 12.8 Å². The molecular formula is C9H15N3. The molecule has 12 heavy (non-hydrogen) atoms. The molecule has 0 aliphatic heterocycles. The second-order valence-electron chi connectivity index (χ2n) is 4.03. The van der Waals surface area contributed by atoms with E-state index in [0.29, 0.717) is 5.41 Å². The molecule has 0 aromatic carbocycles. The van der Waals surface area contributed by atoms with E-state index in [-0.39, 0.29) is 0 Å². The van der Waals surface area contributed by atoms with Crippen molar-refractivity contribution in [3.63, 3.8) is 0 Å². The zero-order valence-electron chi connectivity index (χ0n) is 7.67. The van der Waals surface area contributed by atoms with Crippen LogP contribution in [0.4, 0.5) is 5.95 Å². The van der Waals surface area contributed by atoms with Crippen molar-refractivity contribution in [2.75, 3.05) is 11.9 Å². The van der Waals surface area contributed by atoms with Gasteiger partial charge in [0.15, 0.2) is 0 Å². The van der Waals surface area contributed by atoms with E-state index < -0.39 is 0 Å². The van der Waals surface area contributed by atoms with Crippen molar-refractivity contribution in [2.45, 2.75) is 19.8 Å². The van der Waals surface area contributed by atoms with Gasteiger partial charge in [-0.05, 0) is 18.3 Å². The molecule has 0 unspecified atom stereocenters. The number of aromatic nitrogens is 2. The van der Waals surface area contributed by atoms with Gasteiger partial charge in [0.05, 0.1) is 0 Å². The maximum Gasteiger partial charge on any atom is 0.202 e. The van der Waals surface area contributed by atoms with Crippen LogP contribution in [0.2, 0.25) is 0 Å². The predicted molar refractivity (Wildman–Crippen MR) is 49.0 cm³/mol. The number of rotatable bonds is 3. The fourth-order valence-electron chi connectivity index (χ4n) is 1.22. The van der Waals surface area contributed by atoms with Gasteiger partial charge in [0.1, 0.15) is 0 Å². The zero-order valence-corrected chi connectivity index (χ0v) is 7.67. The lowest BCUT2D eigenvalue weighted by Crippen LogP contribution is -2.14. The van der Waals surface area contributed by atoms with Crippen LogP contribution in [-0.2, 0) is 7.05 Å². The molecule has 0 bridgehead atoms. The van der Waals surface area contributed by atoms with Crippen LogP contribution in [0, 0.1) is 5.41 Å². The number of nitrogens with zero attached hydrogens (tertiary/aromatic N) is 2. The van der Waals surface area contributed by atoms with Gasteiger partial charge in [-0.2, -0.15) is 0 Å². The number of anilines is 1. The van der Waals surface area contributed by atoms with Crippen LogP contribution in [-0.4, -0.2) is 16.1 Å². The molecule has 0 spiro atoms. The first-order chi connectivity index (χ1) is 5.70.